The highest BCUT2D eigenvalue weighted by Crippen LogP contribution is 2.40. The number of carbonyl (C=O) groups is 1. The molecule has 3 aliphatic rings. The molecular weight excluding hydrogens is 356 g/mol. The quantitative estimate of drug-likeness (QED) is 0.802. The van der Waals surface area contributed by atoms with Crippen LogP contribution in [0.3, 0.4) is 0 Å². The number of hydrogen-bond acceptors (Lipinski definition) is 7. The molecule has 0 unspecified atom stereocenters. The molecule has 0 radical (unpaired) electrons. The maximum absolute atomic E-state index is 12.7. The number of carbonyl (C=O) groups excluding carboxylic acids is 1. The number of hydrogen-bond donors (Lipinski definition) is 0. The van der Waals surface area contributed by atoms with Gasteiger partial charge >= 0.3 is 0 Å². The third kappa shape index (κ3) is 3.43. The topological polar surface area (TPSA) is 78.6 Å². The highest BCUT2D eigenvalue weighted by atomic mass is 16.5. The van der Waals surface area contributed by atoms with Gasteiger partial charge in [0.15, 0.2) is 5.69 Å². The van der Waals surface area contributed by atoms with Crippen LogP contribution >= 0.6 is 0 Å². The van der Waals surface area contributed by atoms with E-state index < -0.39 is 0 Å². The minimum atomic E-state index is -0.0353. The zero-order valence-corrected chi connectivity index (χ0v) is 16.3. The van der Waals surface area contributed by atoms with E-state index in [2.05, 4.69) is 31.0 Å². The van der Waals surface area contributed by atoms with Crippen LogP contribution < -0.4 is 9.80 Å². The predicted octanol–water partition coefficient (Wildman–Crippen LogP) is 2.21. The van der Waals surface area contributed by atoms with Crippen molar-refractivity contribution in [2.75, 3.05) is 49.1 Å². The maximum Gasteiger partial charge on any atom is 0.276 e. The molecule has 3 fully saturated rings. The highest BCUT2D eigenvalue weighted by Gasteiger charge is 2.31. The second-order valence-electron chi connectivity index (χ2n) is 7.99. The van der Waals surface area contributed by atoms with Crippen LogP contribution in [0.4, 0.5) is 11.6 Å². The van der Waals surface area contributed by atoms with Crippen LogP contribution in [0.15, 0.2) is 16.7 Å². The molecule has 28 heavy (non-hydrogen) atoms. The van der Waals surface area contributed by atoms with Gasteiger partial charge in [-0.1, -0.05) is 5.16 Å². The van der Waals surface area contributed by atoms with Crippen molar-refractivity contribution < 1.29 is 9.32 Å². The summed E-state index contributed by atoms with van der Waals surface area (Å²) in [4.78, 5) is 28.4. The number of nitrogens with zero attached hydrogens (tertiary/aromatic N) is 6. The van der Waals surface area contributed by atoms with E-state index in [0.29, 0.717) is 24.7 Å². The Bertz CT molecular complexity index is 863. The molecule has 0 spiro atoms. The molecular formula is C20H26N6O2. The summed E-state index contributed by atoms with van der Waals surface area (Å²) >= 11 is 0. The van der Waals surface area contributed by atoms with Crippen LogP contribution in [0.25, 0.3) is 0 Å². The third-order valence-electron chi connectivity index (χ3n) is 5.86. The average Bonchev–Trinajstić information content (AvgIpc) is 3.21. The van der Waals surface area contributed by atoms with Gasteiger partial charge < -0.3 is 19.2 Å². The van der Waals surface area contributed by atoms with Gasteiger partial charge in [0.05, 0.1) is 0 Å². The molecule has 8 nitrogen and oxygen atoms in total. The first kappa shape index (κ1) is 17.5. The summed E-state index contributed by atoms with van der Waals surface area (Å²) in [5.74, 6) is 4.07. The zero-order valence-electron chi connectivity index (χ0n) is 16.3. The fourth-order valence-electron chi connectivity index (χ4n) is 4.06. The van der Waals surface area contributed by atoms with Gasteiger partial charge in [-0.05, 0) is 32.6 Å². The molecule has 148 valence electrons. The third-order valence-corrected chi connectivity index (χ3v) is 5.86. The second-order valence-corrected chi connectivity index (χ2v) is 7.99. The molecule has 0 bridgehead atoms. The van der Waals surface area contributed by atoms with E-state index in [1.165, 1.54) is 12.8 Å². The van der Waals surface area contributed by atoms with Crippen molar-refractivity contribution >= 4 is 17.5 Å². The molecule has 4 heterocycles. The van der Waals surface area contributed by atoms with Crippen LogP contribution in [0, 0.1) is 6.92 Å². The second kappa shape index (κ2) is 7.07. The Labute approximate surface area is 164 Å². The lowest BCUT2D eigenvalue weighted by atomic mass is 10.2. The minimum Gasteiger partial charge on any atom is -0.360 e. The van der Waals surface area contributed by atoms with Crippen LogP contribution in [0.1, 0.15) is 53.7 Å². The Morgan fingerprint density at radius 2 is 1.61 bits per heavy atom. The molecule has 1 amide bonds. The van der Waals surface area contributed by atoms with Gasteiger partial charge in [0.25, 0.3) is 5.91 Å². The molecule has 5 rings (SSSR count). The Hall–Kier alpha value is -2.64. The Kier molecular flexibility index (Phi) is 4.41. The Balaban J connectivity index is 1.24. The number of anilines is 2. The molecule has 0 atom stereocenters. The zero-order chi connectivity index (χ0) is 19.1. The normalized spacial score (nSPS) is 20.1. The maximum atomic E-state index is 12.7. The lowest BCUT2D eigenvalue weighted by Gasteiger charge is -2.35. The van der Waals surface area contributed by atoms with E-state index >= 15 is 0 Å². The summed E-state index contributed by atoms with van der Waals surface area (Å²) in [5.41, 5.74) is 0.435. The SMILES string of the molecule is Cc1nc(N2CCCC2)cc(N2CCN(C(=O)c3cc(C4CC4)on3)CC2)n1. The number of aromatic nitrogens is 3. The van der Waals surface area contributed by atoms with Crippen LogP contribution in [-0.4, -0.2) is 65.2 Å². The van der Waals surface area contributed by atoms with Gasteiger partial charge in [0, 0.05) is 57.3 Å². The van der Waals surface area contributed by atoms with Crippen LogP contribution in [0.5, 0.6) is 0 Å². The van der Waals surface area contributed by atoms with Gasteiger partial charge in [-0.15, -0.1) is 0 Å². The lowest BCUT2D eigenvalue weighted by molar-refractivity contribution is 0.0736. The first-order valence-electron chi connectivity index (χ1n) is 10.3. The molecule has 8 heteroatoms. The minimum absolute atomic E-state index is 0.0353. The highest BCUT2D eigenvalue weighted by molar-refractivity contribution is 5.92. The van der Waals surface area contributed by atoms with Crippen molar-refractivity contribution in [2.45, 2.75) is 38.5 Å². The average molecular weight is 382 g/mol. The van der Waals surface area contributed by atoms with Crippen molar-refractivity contribution in [2.24, 2.45) is 0 Å². The fraction of sp³-hybridized carbons (Fsp3) is 0.600. The number of rotatable bonds is 4. The lowest BCUT2D eigenvalue weighted by Crippen LogP contribution is -2.49. The van der Waals surface area contributed by atoms with Crippen LogP contribution in [0.2, 0.25) is 0 Å². The van der Waals surface area contributed by atoms with E-state index in [1.807, 2.05) is 17.9 Å². The fourth-order valence-corrected chi connectivity index (χ4v) is 4.06. The monoisotopic (exact) mass is 382 g/mol. The summed E-state index contributed by atoms with van der Waals surface area (Å²) < 4.78 is 5.34. The Morgan fingerprint density at radius 1 is 0.964 bits per heavy atom. The predicted molar refractivity (Wildman–Crippen MR) is 105 cm³/mol. The summed E-state index contributed by atoms with van der Waals surface area (Å²) in [6, 6.07) is 3.91. The molecule has 0 aromatic carbocycles. The van der Waals surface area contributed by atoms with Gasteiger partial charge in [-0.25, -0.2) is 9.97 Å². The smallest absolute Gasteiger partial charge is 0.276 e. The number of piperazine rings is 1. The first-order chi connectivity index (χ1) is 13.7. The Morgan fingerprint density at radius 3 is 2.25 bits per heavy atom. The van der Waals surface area contributed by atoms with E-state index in [0.717, 1.165) is 62.2 Å². The molecule has 0 N–H and O–H groups in total. The molecule has 2 aliphatic heterocycles. The van der Waals surface area contributed by atoms with E-state index in [1.54, 1.807) is 0 Å². The molecule has 1 saturated carbocycles. The van der Waals surface area contributed by atoms with Crippen molar-refractivity contribution in [1.82, 2.24) is 20.0 Å². The molecule has 2 saturated heterocycles. The number of amides is 1. The molecule has 2 aromatic rings. The van der Waals surface area contributed by atoms with Crippen molar-refractivity contribution in [3.8, 4) is 0 Å². The van der Waals surface area contributed by atoms with Crippen molar-refractivity contribution in [1.29, 1.82) is 0 Å². The first-order valence-corrected chi connectivity index (χ1v) is 10.3. The summed E-state index contributed by atoms with van der Waals surface area (Å²) in [7, 11) is 0. The van der Waals surface area contributed by atoms with Gasteiger partial charge in [-0.2, -0.15) is 0 Å². The summed E-state index contributed by atoms with van der Waals surface area (Å²) in [6.45, 7) is 6.92. The molecule has 1 aliphatic carbocycles. The molecule has 2 aromatic heterocycles. The van der Waals surface area contributed by atoms with Gasteiger partial charge in [0.1, 0.15) is 23.2 Å². The standard InChI is InChI=1S/C20H26N6O2/c1-14-21-18(24-6-2-3-7-24)13-19(22-14)25-8-10-26(11-9-25)20(27)16-12-17(28-23-16)15-4-5-15/h12-13,15H,2-11H2,1H3. The van der Waals surface area contributed by atoms with Crippen molar-refractivity contribution in [3.05, 3.63) is 29.4 Å². The van der Waals surface area contributed by atoms with E-state index in [4.69, 9.17) is 4.52 Å². The summed E-state index contributed by atoms with van der Waals surface area (Å²) in [5, 5.41) is 3.99. The van der Waals surface area contributed by atoms with E-state index in [-0.39, 0.29) is 5.91 Å². The van der Waals surface area contributed by atoms with E-state index in [9.17, 15) is 4.79 Å². The number of aryl methyl sites for hydroxylation is 1. The van der Waals surface area contributed by atoms with Gasteiger partial charge in [0.2, 0.25) is 0 Å². The summed E-state index contributed by atoms with van der Waals surface area (Å²) in [6.07, 6.45) is 4.73. The van der Waals surface area contributed by atoms with Gasteiger partial charge in [-0.3, -0.25) is 4.79 Å². The largest absolute Gasteiger partial charge is 0.360 e. The van der Waals surface area contributed by atoms with Crippen molar-refractivity contribution in [3.63, 3.8) is 0 Å². The van der Waals surface area contributed by atoms with Crippen LogP contribution in [-0.2, 0) is 0 Å².